The molecular weight excluding hydrogens is 268 g/mol. The summed E-state index contributed by atoms with van der Waals surface area (Å²) in [6.07, 6.45) is 3.44. The fourth-order valence-corrected chi connectivity index (χ4v) is 2.41. The van der Waals surface area contributed by atoms with Crippen LogP contribution < -0.4 is 4.87 Å². The normalized spacial score (nSPS) is 12.1. The van der Waals surface area contributed by atoms with Crippen LogP contribution in [0.3, 0.4) is 0 Å². The smallest absolute Gasteiger partial charge is 0.329 e. The monoisotopic (exact) mass is 280 g/mol. The van der Waals surface area contributed by atoms with Crippen LogP contribution in [-0.4, -0.2) is 27.7 Å². The number of aromatic nitrogens is 2. The van der Waals surface area contributed by atoms with Gasteiger partial charge in [0.25, 0.3) is 0 Å². The summed E-state index contributed by atoms with van der Waals surface area (Å²) in [5.41, 5.74) is 0.774. The van der Waals surface area contributed by atoms with Crippen LogP contribution in [0.1, 0.15) is 11.6 Å². The Bertz CT molecular complexity index is 620. The second-order valence-electron chi connectivity index (χ2n) is 3.83. The minimum Gasteiger partial charge on any atom is -0.494 e. The highest BCUT2D eigenvalue weighted by molar-refractivity contribution is 7.07. The number of hydrogen-bond acceptors (Lipinski definition) is 6. The van der Waals surface area contributed by atoms with Crippen LogP contribution in [-0.2, 0) is 16.0 Å². The van der Waals surface area contributed by atoms with E-state index in [4.69, 9.17) is 4.74 Å². The molecule has 1 unspecified atom stereocenters. The predicted molar refractivity (Wildman–Crippen MR) is 69.2 cm³/mol. The molecule has 19 heavy (non-hydrogen) atoms. The highest BCUT2D eigenvalue weighted by Gasteiger charge is 2.26. The van der Waals surface area contributed by atoms with E-state index < -0.39 is 16.9 Å². The van der Waals surface area contributed by atoms with Crippen molar-refractivity contribution >= 4 is 17.3 Å². The number of nitrogens with zero attached hydrogens (tertiary/aromatic N) is 2. The number of pyridine rings is 1. The number of aromatic hydroxyl groups is 1. The number of hydrogen-bond donors (Lipinski definition) is 1. The van der Waals surface area contributed by atoms with Gasteiger partial charge in [0.15, 0.2) is 0 Å². The van der Waals surface area contributed by atoms with Gasteiger partial charge < -0.3 is 9.84 Å². The first-order valence-corrected chi connectivity index (χ1v) is 6.37. The fourth-order valence-electron chi connectivity index (χ4n) is 1.76. The lowest BCUT2D eigenvalue weighted by atomic mass is 10.1. The maximum absolute atomic E-state index is 11.8. The van der Waals surface area contributed by atoms with Crippen molar-refractivity contribution in [2.75, 3.05) is 7.11 Å². The number of esters is 1. The molecule has 0 aliphatic rings. The summed E-state index contributed by atoms with van der Waals surface area (Å²) in [7, 11) is 1.24. The number of thiazole rings is 1. The van der Waals surface area contributed by atoms with Crippen molar-refractivity contribution < 1.29 is 14.6 Å². The van der Waals surface area contributed by atoms with Gasteiger partial charge in [0.1, 0.15) is 6.04 Å². The summed E-state index contributed by atoms with van der Waals surface area (Å²) >= 11 is 0.832. The Morgan fingerprint density at radius 1 is 1.63 bits per heavy atom. The van der Waals surface area contributed by atoms with Crippen LogP contribution in [0.4, 0.5) is 0 Å². The summed E-state index contributed by atoms with van der Waals surface area (Å²) in [6.45, 7) is 0. The predicted octanol–water partition coefficient (Wildman–Crippen LogP) is 0.967. The highest BCUT2D eigenvalue weighted by Crippen LogP contribution is 2.21. The van der Waals surface area contributed by atoms with Gasteiger partial charge in [-0.3, -0.25) is 14.3 Å². The van der Waals surface area contributed by atoms with Crippen molar-refractivity contribution in [2.24, 2.45) is 0 Å². The number of methoxy groups -OCH3 is 1. The molecule has 2 rings (SSSR count). The van der Waals surface area contributed by atoms with Crippen LogP contribution >= 0.6 is 11.3 Å². The molecule has 2 aromatic heterocycles. The third-order valence-corrected chi connectivity index (χ3v) is 3.37. The van der Waals surface area contributed by atoms with Gasteiger partial charge in [0.05, 0.1) is 12.5 Å². The van der Waals surface area contributed by atoms with Gasteiger partial charge in [-0.2, -0.15) is 0 Å². The van der Waals surface area contributed by atoms with E-state index in [-0.39, 0.29) is 12.3 Å². The Balaban J connectivity index is 2.38. The Labute approximate surface area is 112 Å². The first-order chi connectivity index (χ1) is 9.13. The van der Waals surface area contributed by atoms with Gasteiger partial charge in [-0.25, -0.2) is 4.79 Å². The molecule has 0 fully saturated rings. The Morgan fingerprint density at radius 2 is 2.42 bits per heavy atom. The molecule has 0 saturated carbocycles. The van der Waals surface area contributed by atoms with E-state index in [0.29, 0.717) is 0 Å². The quantitative estimate of drug-likeness (QED) is 0.844. The summed E-state index contributed by atoms with van der Waals surface area (Å²) in [6, 6.07) is 2.63. The van der Waals surface area contributed by atoms with Gasteiger partial charge in [-0.05, 0) is 11.6 Å². The summed E-state index contributed by atoms with van der Waals surface area (Å²) in [5.74, 6) is -0.825. The molecule has 7 heteroatoms. The molecule has 0 aromatic carbocycles. The minimum atomic E-state index is -0.895. The Kier molecular flexibility index (Phi) is 3.96. The van der Waals surface area contributed by atoms with Gasteiger partial charge >= 0.3 is 10.8 Å². The number of ether oxygens (including phenoxy) is 1. The van der Waals surface area contributed by atoms with E-state index in [1.807, 2.05) is 0 Å². The largest absolute Gasteiger partial charge is 0.494 e. The maximum Gasteiger partial charge on any atom is 0.329 e. The molecule has 0 radical (unpaired) electrons. The van der Waals surface area contributed by atoms with Gasteiger partial charge in [-0.1, -0.05) is 17.4 Å². The molecule has 2 heterocycles. The lowest BCUT2D eigenvalue weighted by Crippen LogP contribution is -2.29. The zero-order valence-electron chi connectivity index (χ0n) is 10.1. The van der Waals surface area contributed by atoms with Crippen LogP contribution in [0, 0.1) is 0 Å². The molecule has 0 bridgehead atoms. The van der Waals surface area contributed by atoms with E-state index >= 15 is 0 Å². The molecule has 0 spiro atoms. The van der Waals surface area contributed by atoms with Gasteiger partial charge in [0, 0.05) is 18.8 Å². The third-order valence-electron chi connectivity index (χ3n) is 2.65. The van der Waals surface area contributed by atoms with E-state index in [1.165, 1.54) is 12.5 Å². The highest BCUT2D eigenvalue weighted by atomic mass is 32.1. The van der Waals surface area contributed by atoms with Gasteiger partial charge in [-0.15, -0.1) is 0 Å². The minimum absolute atomic E-state index is 0.227. The maximum atomic E-state index is 11.8. The first-order valence-electron chi connectivity index (χ1n) is 5.49. The number of carbonyl (C=O) groups is 1. The number of rotatable bonds is 4. The van der Waals surface area contributed by atoms with Crippen molar-refractivity contribution in [3.63, 3.8) is 0 Å². The average Bonchev–Trinajstić information content (AvgIpc) is 2.76. The van der Waals surface area contributed by atoms with E-state index in [1.54, 1.807) is 24.5 Å². The van der Waals surface area contributed by atoms with Crippen LogP contribution in [0.2, 0.25) is 0 Å². The van der Waals surface area contributed by atoms with Crippen LogP contribution in [0.25, 0.3) is 0 Å². The summed E-state index contributed by atoms with van der Waals surface area (Å²) in [5, 5.41) is 11.0. The lowest BCUT2D eigenvalue weighted by Gasteiger charge is -2.16. The summed E-state index contributed by atoms with van der Waals surface area (Å²) in [4.78, 5) is 27.0. The van der Waals surface area contributed by atoms with Crippen LogP contribution in [0.15, 0.2) is 34.7 Å². The second-order valence-corrected chi connectivity index (χ2v) is 4.65. The van der Waals surface area contributed by atoms with E-state index in [9.17, 15) is 14.7 Å². The molecule has 100 valence electrons. The second kappa shape index (κ2) is 5.66. The van der Waals surface area contributed by atoms with E-state index in [0.717, 1.165) is 21.5 Å². The van der Waals surface area contributed by atoms with Crippen molar-refractivity contribution in [1.29, 1.82) is 0 Å². The molecule has 2 aromatic rings. The molecule has 0 saturated heterocycles. The molecular formula is C12H12N2O4S. The Hall–Kier alpha value is -2.15. The zero-order valence-corrected chi connectivity index (χ0v) is 11.0. The van der Waals surface area contributed by atoms with Crippen molar-refractivity contribution in [2.45, 2.75) is 12.5 Å². The Morgan fingerprint density at radius 3 is 2.95 bits per heavy atom. The molecule has 1 N–H and O–H groups in total. The van der Waals surface area contributed by atoms with Crippen molar-refractivity contribution in [1.82, 2.24) is 9.55 Å². The fraction of sp³-hybridized carbons (Fsp3) is 0.250. The first kappa shape index (κ1) is 13.3. The zero-order chi connectivity index (χ0) is 13.8. The third kappa shape index (κ3) is 2.82. The standard InChI is InChI=1S/C12H12N2O4S/c1-18-11(16)9(5-8-3-2-4-13-6-8)14-10(15)7-19-12(14)17/h2-4,6-7,9,15H,5H2,1H3. The SMILES string of the molecule is COC(=O)C(Cc1cccnc1)n1c(O)csc1=O. The molecule has 6 nitrogen and oxygen atoms in total. The topological polar surface area (TPSA) is 81.4 Å². The molecule has 0 aliphatic heterocycles. The van der Waals surface area contributed by atoms with E-state index in [2.05, 4.69) is 4.98 Å². The van der Waals surface area contributed by atoms with Crippen molar-refractivity contribution in [3.05, 3.63) is 45.1 Å². The summed E-state index contributed by atoms with van der Waals surface area (Å²) < 4.78 is 5.72. The number of carbonyl (C=O) groups excluding carboxylic acids is 1. The average molecular weight is 280 g/mol. The van der Waals surface area contributed by atoms with Crippen molar-refractivity contribution in [3.8, 4) is 5.88 Å². The molecule has 0 aliphatic carbocycles. The molecule has 1 atom stereocenters. The molecule has 0 amide bonds. The van der Waals surface area contributed by atoms with Crippen LogP contribution in [0.5, 0.6) is 5.88 Å². The lowest BCUT2D eigenvalue weighted by molar-refractivity contribution is -0.144. The van der Waals surface area contributed by atoms with Gasteiger partial charge in [0.2, 0.25) is 5.88 Å².